The smallest absolute Gasteiger partial charge is 0.175 e. The molecule has 2 unspecified atom stereocenters. The molecule has 3 rings (SSSR count). The van der Waals surface area contributed by atoms with Crippen molar-refractivity contribution in [2.24, 2.45) is 5.92 Å². The van der Waals surface area contributed by atoms with Gasteiger partial charge in [0.05, 0.1) is 10.1 Å². The highest BCUT2D eigenvalue weighted by atomic mass is 32.2. The predicted octanol–water partition coefficient (Wildman–Crippen LogP) is 3.41. The molecule has 2 aliphatic rings. The van der Waals surface area contributed by atoms with Gasteiger partial charge in [-0.05, 0) is 56.6 Å². The summed E-state index contributed by atoms with van der Waals surface area (Å²) in [6.07, 6.45) is 8.85. The first-order valence-corrected chi connectivity index (χ1v) is 10.6. The summed E-state index contributed by atoms with van der Waals surface area (Å²) >= 11 is 1.65. The van der Waals surface area contributed by atoms with E-state index in [1.165, 1.54) is 29.5 Å². The third-order valence-electron chi connectivity index (χ3n) is 4.84. The van der Waals surface area contributed by atoms with Crippen molar-refractivity contribution in [3.63, 3.8) is 0 Å². The zero-order valence-corrected chi connectivity index (χ0v) is 14.1. The summed E-state index contributed by atoms with van der Waals surface area (Å²) in [4.78, 5) is 14.9. The molecule has 2 aliphatic carbocycles. The van der Waals surface area contributed by atoms with Gasteiger partial charge in [-0.1, -0.05) is 6.42 Å². The molecule has 21 heavy (non-hydrogen) atoms. The molecule has 3 nitrogen and oxygen atoms in total. The van der Waals surface area contributed by atoms with Crippen molar-refractivity contribution in [3.8, 4) is 0 Å². The average Bonchev–Trinajstić information content (AvgIpc) is 2.89. The summed E-state index contributed by atoms with van der Waals surface area (Å²) in [6, 6.07) is 2.07. The standard InChI is InChI=1S/C16H22O3S2/c1-21(18,19)13-7-4-6-12(9-13)16(17)15-10-11-5-2-3-8-14(11)20-15/h10,12-13H,2-9H2,1H3. The second kappa shape index (κ2) is 5.84. The van der Waals surface area contributed by atoms with Gasteiger partial charge >= 0.3 is 0 Å². The van der Waals surface area contributed by atoms with E-state index in [0.717, 1.165) is 30.6 Å². The summed E-state index contributed by atoms with van der Waals surface area (Å²) in [5.74, 6) is 0.0846. The SMILES string of the molecule is CS(=O)(=O)C1CCCC(C(=O)c2cc3c(s2)CCCC3)C1. The van der Waals surface area contributed by atoms with Crippen LogP contribution in [0, 0.1) is 5.92 Å². The van der Waals surface area contributed by atoms with Gasteiger partial charge in [0.15, 0.2) is 5.78 Å². The van der Waals surface area contributed by atoms with Gasteiger partial charge in [0.2, 0.25) is 0 Å². The lowest BCUT2D eigenvalue weighted by Crippen LogP contribution is -2.30. The minimum atomic E-state index is -3.03. The Morgan fingerprint density at radius 1 is 1.19 bits per heavy atom. The molecule has 0 saturated heterocycles. The van der Waals surface area contributed by atoms with Crippen LogP contribution in [0.15, 0.2) is 6.07 Å². The maximum Gasteiger partial charge on any atom is 0.175 e. The van der Waals surface area contributed by atoms with E-state index in [2.05, 4.69) is 6.07 Å². The minimum absolute atomic E-state index is 0.0985. The largest absolute Gasteiger partial charge is 0.293 e. The van der Waals surface area contributed by atoms with Gasteiger partial charge in [-0.25, -0.2) is 8.42 Å². The molecule has 1 fully saturated rings. The zero-order valence-electron chi connectivity index (χ0n) is 12.4. The second-order valence-corrected chi connectivity index (χ2v) is 9.91. The Hall–Kier alpha value is -0.680. The van der Waals surface area contributed by atoms with Crippen LogP contribution in [-0.2, 0) is 22.7 Å². The maximum absolute atomic E-state index is 12.7. The molecule has 1 heterocycles. The van der Waals surface area contributed by atoms with Crippen molar-refractivity contribution >= 4 is 27.0 Å². The van der Waals surface area contributed by atoms with Crippen LogP contribution in [0.2, 0.25) is 0 Å². The molecule has 0 aromatic carbocycles. The van der Waals surface area contributed by atoms with Crippen LogP contribution in [0.25, 0.3) is 0 Å². The quantitative estimate of drug-likeness (QED) is 0.800. The number of hydrogen-bond donors (Lipinski definition) is 0. The Kier molecular flexibility index (Phi) is 4.23. The monoisotopic (exact) mass is 326 g/mol. The van der Waals surface area contributed by atoms with Crippen LogP contribution in [0.1, 0.15) is 58.6 Å². The molecule has 116 valence electrons. The van der Waals surface area contributed by atoms with Gasteiger partial charge in [0.1, 0.15) is 9.84 Å². The Morgan fingerprint density at radius 3 is 2.67 bits per heavy atom. The number of carbonyl (C=O) groups is 1. The highest BCUT2D eigenvalue weighted by Gasteiger charge is 2.33. The van der Waals surface area contributed by atoms with Crippen molar-refractivity contribution in [3.05, 3.63) is 21.4 Å². The second-order valence-electron chi connectivity index (χ2n) is 6.45. The number of sulfone groups is 1. The van der Waals surface area contributed by atoms with Crippen LogP contribution in [-0.4, -0.2) is 25.7 Å². The van der Waals surface area contributed by atoms with Crippen molar-refractivity contribution < 1.29 is 13.2 Å². The van der Waals surface area contributed by atoms with Crippen LogP contribution >= 0.6 is 11.3 Å². The number of hydrogen-bond acceptors (Lipinski definition) is 4. The fraction of sp³-hybridized carbons (Fsp3) is 0.688. The van der Waals surface area contributed by atoms with E-state index in [4.69, 9.17) is 0 Å². The van der Waals surface area contributed by atoms with Crippen LogP contribution in [0.5, 0.6) is 0 Å². The third-order valence-corrected chi connectivity index (χ3v) is 7.73. The molecule has 1 aromatic rings. The van der Waals surface area contributed by atoms with Crippen molar-refractivity contribution in [1.82, 2.24) is 0 Å². The summed E-state index contributed by atoms with van der Waals surface area (Å²) in [5, 5.41) is -0.324. The molecule has 0 bridgehead atoms. The number of thiophene rings is 1. The highest BCUT2D eigenvalue weighted by Crippen LogP contribution is 2.35. The summed E-state index contributed by atoms with van der Waals surface area (Å²) in [7, 11) is -3.03. The molecule has 1 aromatic heterocycles. The van der Waals surface area contributed by atoms with Gasteiger partial charge in [-0.15, -0.1) is 11.3 Å². The van der Waals surface area contributed by atoms with Gasteiger partial charge in [0, 0.05) is 17.1 Å². The highest BCUT2D eigenvalue weighted by molar-refractivity contribution is 7.91. The fourth-order valence-corrected chi connectivity index (χ4v) is 6.03. The molecular formula is C16H22O3S2. The Balaban J connectivity index is 1.77. The van der Waals surface area contributed by atoms with Gasteiger partial charge in [-0.3, -0.25) is 4.79 Å². The number of carbonyl (C=O) groups excluding carboxylic acids is 1. The van der Waals surface area contributed by atoms with Gasteiger partial charge in [0.25, 0.3) is 0 Å². The summed E-state index contributed by atoms with van der Waals surface area (Å²) < 4.78 is 23.5. The van der Waals surface area contributed by atoms with Crippen LogP contribution in [0.4, 0.5) is 0 Å². The lowest BCUT2D eigenvalue weighted by Gasteiger charge is -2.26. The zero-order chi connectivity index (χ0) is 15.0. The summed E-state index contributed by atoms with van der Waals surface area (Å²) in [6.45, 7) is 0. The Bertz CT molecular complexity index is 619. The van der Waals surface area contributed by atoms with E-state index in [-0.39, 0.29) is 17.0 Å². The molecule has 0 N–H and O–H groups in total. The van der Waals surface area contributed by atoms with Crippen LogP contribution in [0.3, 0.4) is 0 Å². The molecule has 1 saturated carbocycles. The molecule has 0 spiro atoms. The normalized spacial score (nSPS) is 26.3. The Labute approximate surface area is 130 Å². The molecular weight excluding hydrogens is 304 g/mol. The van der Waals surface area contributed by atoms with E-state index < -0.39 is 9.84 Å². The number of ketones is 1. The van der Waals surface area contributed by atoms with Crippen molar-refractivity contribution in [2.75, 3.05) is 6.26 Å². The van der Waals surface area contributed by atoms with Gasteiger partial charge < -0.3 is 0 Å². The molecule has 0 aliphatic heterocycles. The maximum atomic E-state index is 12.7. The van der Waals surface area contributed by atoms with E-state index in [0.29, 0.717) is 12.8 Å². The average molecular weight is 326 g/mol. The first-order chi connectivity index (χ1) is 9.95. The summed E-state index contributed by atoms with van der Waals surface area (Å²) in [5.41, 5.74) is 1.35. The lowest BCUT2D eigenvalue weighted by molar-refractivity contribution is 0.0895. The van der Waals surface area contributed by atoms with E-state index in [1.54, 1.807) is 11.3 Å². The fourth-order valence-electron chi connectivity index (χ4n) is 3.59. The van der Waals surface area contributed by atoms with E-state index in [1.807, 2.05) is 0 Å². The third kappa shape index (κ3) is 3.24. The first kappa shape index (κ1) is 15.2. The predicted molar refractivity (Wildman–Crippen MR) is 85.9 cm³/mol. The molecule has 2 atom stereocenters. The van der Waals surface area contributed by atoms with E-state index >= 15 is 0 Å². The molecule has 5 heteroatoms. The Morgan fingerprint density at radius 2 is 1.95 bits per heavy atom. The van der Waals surface area contributed by atoms with Gasteiger partial charge in [-0.2, -0.15) is 0 Å². The number of rotatable bonds is 3. The van der Waals surface area contributed by atoms with E-state index in [9.17, 15) is 13.2 Å². The van der Waals surface area contributed by atoms with Crippen LogP contribution < -0.4 is 0 Å². The lowest BCUT2D eigenvalue weighted by atomic mass is 9.85. The number of Topliss-reactive ketones (excluding diaryl/α,β-unsaturated/α-hetero) is 1. The number of fused-ring (bicyclic) bond motifs is 1. The van der Waals surface area contributed by atoms with Crippen molar-refractivity contribution in [2.45, 2.75) is 56.6 Å². The minimum Gasteiger partial charge on any atom is -0.293 e. The first-order valence-electron chi connectivity index (χ1n) is 7.80. The van der Waals surface area contributed by atoms with Crippen molar-refractivity contribution in [1.29, 1.82) is 0 Å². The number of aryl methyl sites for hydroxylation is 2. The topological polar surface area (TPSA) is 51.2 Å². The molecule has 0 radical (unpaired) electrons. The molecule has 0 amide bonds.